The third-order valence-corrected chi connectivity index (χ3v) is 5.00. The molecule has 3 aromatic rings. The van der Waals surface area contributed by atoms with E-state index in [-0.39, 0.29) is 28.1 Å². The molecule has 0 amide bonds. The van der Waals surface area contributed by atoms with E-state index in [1.165, 1.54) is 35.1 Å². The number of aromatic carboxylic acids is 1. The van der Waals surface area contributed by atoms with Crippen molar-refractivity contribution in [1.29, 1.82) is 0 Å². The highest BCUT2D eigenvalue weighted by Gasteiger charge is 2.23. The molecule has 3 rings (SSSR count). The van der Waals surface area contributed by atoms with Crippen LogP contribution in [0.15, 0.2) is 41.3 Å². The van der Waals surface area contributed by atoms with Gasteiger partial charge in [0.05, 0.1) is 33.1 Å². The van der Waals surface area contributed by atoms with Crippen LogP contribution in [0.2, 0.25) is 10.0 Å². The molecule has 1 N–H and O–H groups in total. The molecule has 0 aliphatic heterocycles. The van der Waals surface area contributed by atoms with Gasteiger partial charge in [-0.2, -0.15) is 4.68 Å². The fraction of sp³-hybridized carbons (Fsp3) is 0.167. The second kappa shape index (κ2) is 8.06. The van der Waals surface area contributed by atoms with Crippen molar-refractivity contribution in [3.05, 3.63) is 78.2 Å². The van der Waals surface area contributed by atoms with E-state index in [1.807, 2.05) is 0 Å². The van der Waals surface area contributed by atoms with Gasteiger partial charge in [0.1, 0.15) is 12.1 Å². The molecule has 0 unspecified atom stereocenters. The maximum Gasteiger partial charge on any atom is 0.389 e. The molecule has 0 bridgehead atoms. The van der Waals surface area contributed by atoms with E-state index in [0.29, 0.717) is 17.8 Å². The first-order valence-corrected chi connectivity index (χ1v) is 9.11. The molecule has 2 aromatic heterocycles. The first-order chi connectivity index (χ1) is 13.7. The summed E-state index contributed by atoms with van der Waals surface area (Å²) in [5, 5.41) is 24.8. The zero-order chi connectivity index (χ0) is 21.3. The SMILES string of the molecule is CCn1c(Cn2ccc([N+](=O)[O-])n2)cc(=O)c(C(=O)O)c1-c1ccc(Cl)c(Cl)c1. The number of benzene rings is 1. The topological polar surface area (TPSA) is 120 Å². The number of rotatable bonds is 6. The molecule has 0 radical (unpaired) electrons. The smallest absolute Gasteiger partial charge is 0.389 e. The molecule has 0 saturated carbocycles. The molecule has 0 saturated heterocycles. The lowest BCUT2D eigenvalue weighted by molar-refractivity contribution is -0.389. The van der Waals surface area contributed by atoms with Crippen LogP contribution in [0.1, 0.15) is 23.0 Å². The van der Waals surface area contributed by atoms with Crippen molar-refractivity contribution in [3.8, 4) is 11.3 Å². The summed E-state index contributed by atoms with van der Waals surface area (Å²) in [4.78, 5) is 34.6. The summed E-state index contributed by atoms with van der Waals surface area (Å²) in [6.45, 7) is 2.14. The van der Waals surface area contributed by atoms with Crippen LogP contribution < -0.4 is 5.43 Å². The van der Waals surface area contributed by atoms with Crippen LogP contribution in [0, 0.1) is 10.1 Å². The Hall–Kier alpha value is -3.17. The Balaban J connectivity index is 2.24. The van der Waals surface area contributed by atoms with Gasteiger partial charge in [-0.3, -0.25) is 4.79 Å². The average Bonchev–Trinajstić information content (AvgIpc) is 3.12. The second-order valence-electron chi connectivity index (χ2n) is 6.03. The molecule has 0 atom stereocenters. The van der Waals surface area contributed by atoms with Gasteiger partial charge >= 0.3 is 11.8 Å². The quantitative estimate of drug-likeness (QED) is 0.464. The molecule has 0 spiro atoms. The Morgan fingerprint density at radius 3 is 2.52 bits per heavy atom. The first kappa shape index (κ1) is 20.6. The predicted octanol–water partition coefficient (Wildman–Crippen LogP) is 3.69. The van der Waals surface area contributed by atoms with Crippen molar-refractivity contribution in [2.75, 3.05) is 0 Å². The van der Waals surface area contributed by atoms with E-state index in [9.17, 15) is 24.8 Å². The predicted molar refractivity (Wildman–Crippen MR) is 107 cm³/mol. The number of carbonyl (C=O) groups is 1. The molecule has 0 fully saturated rings. The van der Waals surface area contributed by atoms with Crippen LogP contribution in [0.25, 0.3) is 11.3 Å². The van der Waals surface area contributed by atoms with Crippen LogP contribution in [0.3, 0.4) is 0 Å². The fourth-order valence-electron chi connectivity index (χ4n) is 3.04. The highest BCUT2D eigenvalue weighted by molar-refractivity contribution is 6.42. The third kappa shape index (κ3) is 4.01. The Labute approximate surface area is 173 Å². The largest absolute Gasteiger partial charge is 0.477 e. The Morgan fingerprint density at radius 1 is 1.24 bits per heavy atom. The lowest BCUT2D eigenvalue weighted by atomic mass is 10.0. The van der Waals surface area contributed by atoms with E-state index >= 15 is 0 Å². The molecule has 150 valence electrons. The molecule has 29 heavy (non-hydrogen) atoms. The van der Waals surface area contributed by atoms with Crippen molar-refractivity contribution >= 4 is 35.0 Å². The highest BCUT2D eigenvalue weighted by atomic mass is 35.5. The summed E-state index contributed by atoms with van der Waals surface area (Å²) in [6, 6.07) is 7.00. The van der Waals surface area contributed by atoms with Crippen LogP contribution in [0.4, 0.5) is 5.82 Å². The van der Waals surface area contributed by atoms with E-state index in [4.69, 9.17) is 23.2 Å². The molecule has 0 aliphatic rings. The fourth-order valence-corrected chi connectivity index (χ4v) is 3.34. The first-order valence-electron chi connectivity index (χ1n) is 8.36. The summed E-state index contributed by atoms with van der Waals surface area (Å²) < 4.78 is 2.94. The molecular formula is C18H14Cl2N4O5. The third-order valence-electron chi connectivity index (χ3n) is 4.26. The number of hydrogen-bond acceptors (Lipinski definition) is 5. The van der Waals surface area contributed by atoms with Gasteiger partial charge in [0, 0.05) is 23.9 Å². The van der Waals surface area contributed by atoms with Crippen molar-refractivity contribution in [3.63, 3.8) is 0 Å². The number of nitrogens with zero attached hydrogens (tertiary/aromatic N) is 4. The summed E-state index contributed by atoms with van der Waals surface area (Å²) in [6.07, 6.45) is 1.41. The Morgan fingerprint density at radius 2 is 1.97 bits per heavy atom. The number of carboxylic acid groups (broad SMARTS) is 1. The van der Waals surface area contributed by atoms with E-state index in [0.717, 1.165) is 0 Å². The van der Waals surface area contributed by atoms with Gasteiger partial charge in [-0.1, -0.05) is 29.3 Å². The van der Waals surface area contributed by atoms with Crippen LogP contribution >= 0.6 is 23.2 Å². The maximum atomic E-state index is 12.6. The number of hydrogen-bond donors (Lipinski definition) is 1. The molecule has 9 nitrogen and oxygen atoms in total. The zero-order valence-corrected chi connectivity index (χ0v) is 16.5. The number of halogens is 2. The Kier molecular flexibility index (Phi) is 5.71. The second-order valence-corrected chi connectivity index (χ2v) is 6.84. The minimum atomic E-state index is -1.38. The maximum absolute atomic E-state index is 12.6. The summed E-state index contributed by atoms with van der Waals surface area (Å²) in [5.74, 6) is -1.71. The molecular weight excluding hydrogens is 423 g/mol. The van der Waals surface area contributed by atoms with E-state index in [1.54, 1.807) is 17.6 Å². The minimum Gasteiger partial charge on any atom is -0.477 e. The van der Waals surface area contributed by atoms with Crippen molar-refractivity contribution < 1.29 is 14.8 Å². The lowest BCUT2D eigenvalue weighted by Gasteiger charge is -2.19. The van der Waals surface area contributed by atoms with Crippen LogP contribution in [-0.2, 0) is 13.1 Å². The summed E-state index contributed by atoms with van der Waals surface area (Å²) in [7, 11) is 0. The van der Waals surface area contributed by atoms with Gasteiger partial charge in [-0.05, 0) is 24.0 Å². The number of aromatic nitrogens is 3. The van der Waals surface area contributed by atoms with Crippen LogP contribution in [-0.4, -0.2) is 30.3 Å². The monoisotopic (exact) mass is 436 g/mol. The van der Waals surface area contributed by atoms with Crippen molar-refractivity contribution in [2.45, 2.75) is 20.0 Å². The van der Waals surface area contributed by atoms with Gasteiger partial charge in [0.15, 0.2) is 5.43 Å². The lowest BCUT2D eigenvalue weighted by Crippen LogP contribution is -2.24. The van der Waals surface area contributed by atoms with Gasteiger partial charge in [0.25, 0.3) is 0 Å². The Bertz CT molecular complexity index is 1190. The minimum absolute atomic E-state index is 0.0329. The van der Waals surface area contributed by atoms with E-state index < -0.39 is 21.9 Å². The van der Waals surface area contributed by atoms with Gasteiger partial charge in [-0.15, -0.1) is 0 Å². The zero-order valence-electron chi connectivity index (χ0n) is 15.0. The highest BCUT2D eigenvalue weighted by Crippen LogP contribution is 2.30. The van der Waals surface area contributed by atoms with Crippen molar-refractivity contribution in [2.24, 2.45) is 0 Å². The summed E-state index contributed by atoms with van der Waals surface area (Å²) in [5.41, 5.74) is -0.0892. The summed E-state index contributed by atoms with van der Waals surface area (Å²) >= 11 is 12.0. The normalized spacial score (nSPS) is 10.9. The molecule has 11 heteroatoms. The van der Waals surface area contributed by atoms with Gasteiger partial charge in [0.2, 0.25) is 0 Å². The standard InChI is InChI=1S/C18H14Cl2N4O5/c1-2-23-11(9-22-6-5-15(21-22)24(28)29)8-14(25)16(18(26)27)17(23)10-3-4-12(19)13(20)7-10/h3-8H,2,9H2,1H3,(H,26,27). The molecule has 0 aliphatic carbocycles. The van der Waals surface area contributed by atoms with Gasteiger partial charge < -0.3 is 19.8 Å². The number of carboxylic acids is 1. The average molecular weight is 437 g/mol. The molecule has 1 aromatic carbocycles. The number of nitro groups is 1. The van der Waals surface area contributed by atoms with Crippen LogP contribution in [0.5, 0.6) is 0 Å². The van der Waals surface area contributed by atoms with Crippen molar-refractivity contribution in [1.82, 2.24) is 14.3 Å². The van der Waals surface area contributed by atoms with Gasteiger partial charge in [-0.25, -0.2) is 4.79 Å². The molecule has 2 heterocycles. The van der Waals surface area contributed by atoms with E-state index in [2.05, 4.69) is 5.10 Å². The number of pyridine rings is 1.